The molecule has 0 radical (unpaired) electrons. The minimum absolute atomic E-state index is 0.0483. The Morgan fingerprint density at radius 1 is 1.11 bits per heavy atom. The van der Waals surface area contributed by atoms with Crippen molar-refractivity contribution in [2.45, 2.75) is 42.3 Å². The second-order valence-electron chi connectivity index (χ2n) is 11.1. The molecular weight excluding hydrogens is 639 g/mol. The summed E-state index contributed by atoms with van der Waals surface area (Å²) in [5.41, 5.74) is -1.45. The fourth-order valence-electron chi connectivity index (χ4n) is 6.72. The van der Waals surface area contributed by atoms with Gasteiger partial charge >= 0.3 is 12.3 Å². The number of alkyl halides is 3. The number of aliphatic hydroxyl groups is 1. The minimum atomic E-state index is -5.24. The van der Waals surface area contributed by atoms with Crippen molar-refractivity contribution in [2.75, 3.05) is 32.1 Å². The zero-order chi connectivity index (χ0) is 33.1. The van der Waals surface area contributed by atoms with E-state index in [1.54, 1.807) is 32.2 Å². The highest BCUT2D eigenvalue weighted by Crippen LogP contribution is 2.58. The first-order valence-corrected chi connectivity index (χ1v) is 15.5. The number of benzene rings is 3. The normalized spacial score (nSPS) is 24.8. The highest BCUT2D eigenvalue weighted by molar-refractivity contribution is 7.93. The molecule has 3 aromatic rings. The molecule has 0 aromatic heterocycles. The van der Waals surface area contributed by atoms with Crippen LogP contribution in [0.1, 0.15) is 23.1 Å². The molecular formula is C30H30ClF3N3O7S+. The number of hydrogen-bond donors (Lipinski definition) is 2. The second kappa shape index (κ2) is 11.2. The summed E-state index contributed by atoms with van der Waals surface area (Å²) in [5.74, 6) is -2.52. The highest BCUT2D eigenvalue weighted by atomic mass is 35.5. The van der Waals surface area contributed by atoms with E-state index in [0.29, 0.717) is 9.87 Å². The largest absolute Gasteiger partial charge is 0.573 e. The van der Waals surface area contributed by atoms with Gasteiger partial charge in [-0.25, -0.2) is 8.42 Å². The number of amides is 2. The number of aliphatic hydroxyl groups excluding tert-OH is 1. The van der Waals surface area contributed by atoms with Crippen molar-refractivity contribution < 1.29 is 50.2 Å². The van der Waals surface area contributed by atoms with Gasteiger partial charge in [0, 0.05) is 18.5 Å². The summed E-state index contributed by atoms with van der Waals surface area (Å²) < 4.78 is 78.6. The average Bonchev–Trinajstić information content (AvgIpc) is 3.42. The smallest absolute Gasteiger partial charge is 0.496 e. The fourth-order valence-corrected chi connectivity index (χ4v) is 8.47. The van der Waals surface area contributed by atoms with Crippen molar-refractivity contribution in [3.63, 3.8) is 0 Å². The third-order valence-corrected chi connectivity index (χ3v) is 10.5. The lowest BCUT2D eigenvalue weighted by Gasteiger charge is -2.48. The molecule has 0 aliphatic carbocycles. The lowest BCUT2D eigenvalue weighted by Crippen LogP contribution is -2.69. The standard InChI is InChI=1S/C30H29ClF3N3O7S/c1-17-9-12-24(43-4)21(13-17)29(37(3)16-19(38)15-23(37)27(39)35-2)20-14-18(31)10-11-22(20)36(28(29)40)45(41,42)26-8-6-5-7-25(26)44-30(32,33)34/h5-14,19,23,38H,15-16H2,1-4H3/p+1/t19-,23+,29?,37?/m1/s1. The molecule has 15 heteroatoms. The van der Waals surface area contributed by atoms with Gasteiger partial charge in [-0.3, -0.25) is 14.1 Å². The number of quaternary nitrogens is 1. The number of carbonyl (C=O) groups is 2. The molecule has 2 amide bonds. The Morgan fingerprint density at radius 3 is 2.44 bits per heavy atom. The lowest BCUT2D eigenvalue weighted by atomic mass is 9.78. The van der Waals surface area contributed by atoms with E-state index in [9.17, 15) is 31.5 Å². The molecule has 4 atom stereocenters. The minimum Gasteiger partial charge on any atom is -0.496 e. The summed E-state index contributed by atoms with van der Waals surface area (Å²) in [6.07, 6.45) is -6.41. The van der Waals surface area contributed by atoms with Gasteiger partial charge in [0.2, 0.25) is 5.54 Å². The summed E-state index contributed by atoms with van der Waals surface area (Å²) in [6, 6.07) is 11.9. The van der Waals surface area contributed by atoms with E-state index in [-0.39, 0.29) is 40.6 Å². The maximum absolute atomic E-state index is 15.3. The fraction of sp³-hybridized carbons (Fsp3) is 0.333. The van der Waals surface area contributed by atoms with Gasteiger partial charge in [-0.2, -0.15) is 4.31 Å². The Kier molecular flexibility index (Phi) is 8.09. The topological polar surface area (TPSA) is 122 Å². The molecule has 5 rings (SSSR count). The van der Waals surface area contributed by atoms with Crippen LogP contribution >= 0.6 is 11.6 Å². The van der Waals surface area contributed by atoms with Gasteiger partial charge in [-0.05, 0) is 49.4 Å². The Bertz CT molecular complexity index is 1810. The van der Waals surface area contributed by atoms with Gasteiger partial charge in [-0.1, -0.05) is 35.4 Å². The van der Waals surface area contributed by atoms with E-state index in [1.165, 1.54) is 38.4 Å². The summed E-state index contributed by atoms with van der Waals surface area (Å²) in [4.78, 5) is 27.8. The van der Waals surface area contributed by atoms with Crippen LogP contribution in [0.3, 0.4) is 0 Å². The number of carbonyl (C=O) groups excluding carboxylic acids is 2. The number of anilines is 1. The quantitative estimate of drug-likeness (QED) is 0.367. The van der Waals surface area contributed by atoms with Gasteiger partial charge in [0.15, 0.2) is 6.04 Å². The molecule has 0 spiro atoms. The molecule has 3 aromatic carbocycles. The Labute approximate surface area is 262 Å². The number of methoxy groups -OCH3 is 1. The monoisotopic (exact) mass is 668 g/mol. The van der Waals surface area contributed by atoms with Crippen LogP contribution in [0.4, 0.5) is 18.9 Å². The first-order valence-electron chi connectivity index (χ1n) is 13.7. The van der Waals surface area contributed by atoms with Gasteiger partial charge in [0.25, 0.3) is 15.9 Å². The van der Waals surface area contributed by atoms with E-state index in [0.717, 1.165) is 18.2 Å². The van der Waals surface area contributed by atoms with Crippen molar-refractivity contribution >= 4 is 39.1 Å². The number of nitrogens with one attached hydrogen (secondary N) is 1. The predicted molar refractivity (Wildman–Crippen MR) is 157 cm³/mol. The zero-order valence-corrected chi connectivity index (χ0v) is 26.1. The summed E-state index contributed by atoms with van der Waals surface area (Å²) in [6.45, 7) is 1.55. The number of likely N-dealkylation sites (tertiary alicyclic amines) is 1. The van der Waals surface area contributed by atoms with Gasteiger partial charge in [0.05, 0.1) is 31.0 Å². The zero-order valence-electron chi connectivity index (χ0n) is 24.6. The molecule has 0 bridgehead atoms. The van der Waals surface area contributed by atoms with Gasteiger partial charge < -0.3 is 19.9 Å². The van der Waals surface area contributed by atoms with Crippen molar-refractivity contribution in [1.29, 1.82) is 0 Å². The van der Waals surface area contributed by atoms with Crippen LogP contribution in [0.15, 0.2) is 65.6 Å². The van der Waals surface area contributed by atoms with Crippen LogP contribution < -0.4 is 19.1 Å². The van der Waals surface area contributed by atoms with Crippen LogP contribution in [0, 0.1) is 6.92 Å². The summed E-state index contributed by atoms with van der Waals surface area (Å²) in [7, 11) is -0.833. The van der Waals surface area contributed by atoms with Crippen molar-refractivity contribution in [3.05, 3.63) is 82.4 Å². The number of aryl methyl sites for hydroxylation is 1. The van der Waals surface area contributed by atoms with Crippen molar-refractivity contribution in [3.8, 4) is 11.5 Å². The molecule has 45 heavy (non-hydrogen) atoms. The first kappa shape index (κ1) is 32.5. The van der Waals surface area contributed by atoms with Crippen LogP contribution in [-0.4, -0.2) is 76.1 Å². The van der Waals surface area contributed by atoms with Gasteiger partial charge in [0.1, 0.15) is 29.0 Å². The third kappa shape index (κ3) is 5.00. The molecule has 240 valence electrons. The number of likely N-dealkylation sites (N-methyl/N-ethyl adjacent to an activating group) is 2. The van der Waals surface area contributed by atoms with Crippen molar-refractivity contribution in [2.24, 2.45) is 0 Å². The maximum atomic E-state index is 15.3. The number of halogens is 4. The number of fused-ring (bicyclic) bond motifs is 1. The Morgan fingerprint density at radius 2 is 1.80 bits per heavy atom. The SMILES string of the molecule is CNC(=O)[C@@H]1C[C@@H](O)C[N+]1(C)C1(c2cc(C)ccc2OC)C(=O)N(S(=O)(=O)c2ccccc2OC(F)(F)F)c2ccc(Cl)cc21. The number of sulfonamides is 1. The van der Waals surface area contributed by atoms with E-state index in [4.69, 9.17) is 16.3 Å². The maximum Gasteiger partial charge on any atom is 0.573 e. The average molecular weight is 669 g/mol. The number of para-hydroxylation sites is 1. The second-order valence-corrected chi connectivity index (χ2v) is 13.3. The van der Waals surface area contributed by atoms with Crippen LogP contribution in [0.5, 0.6) is 11.5 Å². The van der Waals surface area contributed by atoms with Crippen LogP contribution in [0.2, 0.25) is 5.02 Å². The summed E-state index contributed by atoms with van der Waals surface area (Å²) >= 11 is 6.48. The van der Waals surface area contributed by atoms with Crippen molar-refractivity contribution in [1.82, 2.24) is 5.32 Å². The molecule has 2 N–H and O–H groups in total. The molecule has 2 aliphatic heterocycles. The van der Waals surface area contributed by atoms with Gasteiger partial charge in [-0.15, -0.1) is 13.2 Å². The number of hydrogen-bond acceptors (Lipinski definition) is 7. The molecule has 0 saturated carbocycles. The van der Waals surface area contributed by atoms with Crippen LogP contribution in [0.25, 0.3) is 0 Å². The Hall–Kier alpha value is -3.85. The summed E-state index contributed by atoms with van der Waals surface area (Å²) in [5, 5.41) is 13.7. The highest BCUT2D eigenvalue weighted by Gasteiger charge is 2.72. The van der Waals surface area contributed by atoms with E-state index >= 15 is 4.79 Å². The molecule has 10 nitrogen and oxygen atoms in total. The van der Waals surface area contributed by atoms with E-state index < -0.39 is 61.0 Å². The number of nitrogens with zero attached hydrogens (tertiary/aromatic N) is 2. The molecule has 2 aliphatic rings. The number of rotatable bonds is 7. The Balaban J connectivity index is 1.91. The third-order valence-electron chi connectivity index (χ3n) is 8.49. The van der Waals surface area contributed by atoms with Crippen LogP contribution in [-0.2, 0) is 25.2 Å². The molecule has 2 heterocycles. The van der Waals surface area contributed by atoms with E-state index in [1.807, 2.05) is 0 Å². The lowest BCUT2D eigenvalue weighted by molar-refractivity contribution is -0.953. The van der Waals surface area contributed by atoms with E-state index in [2.05, 4.69) is 10.1 Å². The number of ether oxygens (including phenoxy) is 2. The molecule has 1 fully saturated rings. The molecule has 2 unspecified atom stereocenters. The first-order chi connectivity index (χ1) is 21.0. The molecule has 1 saturated heterocycles. The predicted octanol–water partition coefficient (Wildman–Crippen LogP) is 3.86.